The molecule has 1 aromatic heterocycles. The predicted octanol–water partition coefficient (Wildman–Crippen LogP) is 3.45. The van der Waals surface area contributed by atoms with Crippen molar-refractivity contribution in [1.29, 1.82) is 0 Å². The highest BCUT2D eigenvalue weighted by Gasteiger charge is 2.26. The molecule has 4 rings (SSSR count). The van der Waals surface area contributed by atoms with Crippen molar-refractivity contribution in [2.75, 3.05) is 32.8 Å². The van der Waals surface area contributed by atoms with Gasteiger partial charge in [0.25, 0.3) is 11.8 Å². The normalized spacial score (nSPS) is 19.6. The maximum Gasteiger partial charge on any atom is 0.289 e. The minimum Gasteiger partial charge on any atom is -0.493 e. The van der Waals surface area contributed by atoms with E-state index in [9.17, 15) is 9.59 Å². The zero-order chi connectivity index (χ0) is 19.3. The Morgan fingerprint density at radius 1 is 0.964 bits per heavy atom. The number of furan rings is 1. The van der Waals surface area contributed by atoms with Gasteiger partial charge in [0.1, 0.15) is 5.75 Å². The van der Waals surface area contributed by atoms with Crippen molar-refractivity contribution in [2.24, 2.45) is 5.92 Å². The topological polar surface area (TPSA) is 63.0 Å². The SMILES string of the molecule is O=C(c1ccc(OC[C@H]2CCCN(C(=O)c3ccco3)C2)cc1)N1CCCC1. The molecule has 2 fully saturated rings. The lowest BCUT2D eigenvalue weighted by Crippen LogP contribution is -2.41. The molecule has 148 valence electrons. The second-order valence-corrected chi connectivity index (χ2v) is 7.57. The lowest BCUT2D eigenvalue weighted by Gasteiger charge is -2.32. The van der Waals surface area contributed by atoms with Gasteiger partial charge in [-0.3, -0.25) is 9.59 Å². The van der Waals surface area contributed by atoms with Crippen LogP contribution in [-0.2, 0) is 0 Å². The summed E-state index contributed by atoms with van der Waals surface area (Å²) in [4.78, 5) is 28.6. The van der Waals surface area contributed by atoms with Crippen LogP contribution < -0.4 is 4.74 Å². The fraction of sp³-hybridized carbons (Fsp3) is 0.455. The Hall–Kier alpha value is -2.76. The van der Waals surface area contributed by atoms with Gasteiger partial charge in [0.15, 0.2) is 5.76 Å². The highest BCUT2D eigenvalue weighted by atomic mass is 16.5. The fourth-order valence-corrected chi connectivity index (χ4v) is 3.95. The van der Waals surface area contributed by atoms with E-state index in [0.717, 1.165) is 51.1 Å². The van der Waals surface area contributed by atoms with Crippen LogP contribution in [0.1, 0.15) is 46.6 Å². The quantitative estimate of drug-likeness (QED) is 0.795. The van der Waals surface area contributed by atoms with Crippen LogP contribution >= 0.6 is 0 Å². The Morgan fingerprint density at radius 2 is 1.71 bits per heavy atom. The van der Waals surface area contributed by atoms with Crippen LogP contribution in [0, 0.1) is 5.92 Å². The van der Waals surface area contributed by atoms with E-state index in [4.69, 9.17) is 9.15 Å². The van der Waals surface area contributed by atoms with Gasteiger partial charge in [0.05, 0.1) is 12.9 Å². The summed E-state index contributed by atoms with van der Waals surface area (Å²) in [7, 11) is 0. The molecule has 6 heteroatoms. The molecule has 3 heterocycles. The van der Waals surface area contributed by atoms with Gasteiger partial charge in [0.2, 0.25) is 0 Å². The van der Waals surface area contributed by atoms with E-state index in [2.05, 4.69) is 0 Å². The number of hydrogen-bond donors (Lipinski definition) is 0. The zero-order valence-corrected chi connectivity index (χ0v) is 16.0. The molecular weight excluding hydrogens is 356 g/mol. The van der Waals surface area contributed by atoms with Crippen LogP contribution in [0.25, 0.3) is 0 Å². The third-order valence-electron chi connectivity index (χ3n) is 5.52. The highest BCUT2D eigenvalue weighted by molar-refractivity contribution is 5.94. The Balaban J connectivity index is 1.29. The summed E-state index contributed by atoms with van der Waals surface area (Å²) in [6.45, 7) is 3.69. The van der Waals surface area contributed by atoms with E-state index in [-0.39, 0.29) is 11.8 Å². The van der Waals surface area contributed by atoms with Gasteiger partial charge in [-0.05, 0) is 62.1 Å². The summed E-state index contributed by atoms with van der Waals surface area (Å²) >= 11 is 0. The average molecular weight is 382 g/mol. The fourth-order valence-electron chi connectivity index (χ4n) is 3.95. The maximum atomic E-state index is 12.4. The average Bonchev–Trinajstić information content (AvgIpc) is 3.46. The standard InChI is InChI=1S/C22H26N2O4/c25-21(23-11-1-2-12-23)18-7-9-19(10-8-18)28-16-17-5-3-13-24(15-17)22(26)20-6-4-14-27-20/h4,6-10,14,17H,1-3,5,11-13,15-16H2/t17-/m0/s1. The number of amides is 2. The third kappa shape index (κ3) is 4.21. The molecule has 2 amide bonds. The Labute approximate surface area is 165 Å². The van der Waals surface area contributed by atoms with E-state index >= 15 is 0 Å². The summed E-state index contributed by atoms with van der Waals surface area (Å²) in [6, 6.07) is 10.8. The van der Waals surface area contributed by atoms with Crippen LogP contribution in [0.4, 0.5) is 0 Å². The third-order valence-corrected chi connectivity index (χ3v) is 5.52. The highest BCUT2D eigenvalue weighted by Crippen LogP contribution is 2.22. The van der Waals surface area contributed by atoms with Crippen LogP contribution in [0.3, 0.4) is 0 Å². The Kier molecular flexibility index (Phi) is 5.65. The van der Waals surface area contributed by atoms with Crippen molar-refractivity contribution in [1.82, 2.24) is 9.80 Å². The van der Waals surface area contributed by atoms with E-state index in [1.807, 2.05) is 34.1 Å². The zero-order valence-electron chi connectivity index (χ0n) is 16.0. The van der Waals surface area contributed by atoms with Crippen molar-refractivity contribution in [3.63, 3.8) is 0 Å². The molecule has 2 aromatic rings. The first-order chi connectivity index (χ1) is 13.7. The van der Waals surface area contributed by atoms with E-state index < -0.39 is 0 Å². The number of carbonyl (C=O) groups is 2. The van der Waals surface area contributed by atoms with Crippen LogP contribution in [0.15, 0.2) is 47.1 Å². The van der Waals surface area contributed by atoms with Crippen LogP contribution in [0.5, 0.6) is 5.75 Å². The number of rotatable bonds is 5. The minimum absolute atomic E-state index is 0.0560. The summed E-state index contributed by atoms with van der Waals surface area (Å²) in [6.07, 6.45) is 5.70. The molecule has 0 saturated carbocycles. The van der Waals surface area contributed by atoms with Crippen molar-refractivity contribution in [2.45, 2.75) is 25.7 Å². The molecule has 2 aliphatic heterocycles. The molecule has 0 spiro atoms. The largest absolute Gasteiger partial charge is 0.493 e. The van der Waals surface area contributed by atoms with Crippen molar-refractivity contribution in [3.8, 4) is 5.75 Å². The summed E-state index contributed by atoms with van der Waals surface area (Å²) in [5, 5.41) is 0. The lowest BCUT2D eigenvalue weighted by molar-refractivity contribution is 0.0602. The molecular formula is C22H26N2O4. The number of piperidine rings is 1. The second kappa shape index (κ2) is 8.50. The van der Waals surface area contributed by atoms with Gasteiger partial charge in [-0.15, -0.1) is 0 Å². The van der Waals surface area contributed by atoms with Crippen molar-refractivity contribution >= 4 is 11.8 Å². The minimum atomic E-state index is -0.0560. The molecule has 2 saturated heterocycles. The summed E-state index contributed by atoms with van der Waals surface area (Å²) < 4.78 is 11.2. The van der Waals surface area contributed by atoms with Gasteiger partial charge in [-0.2, -0.15) is 0 Å². The van der Waals surface area contributed by atoms with E-state index in [1.165, 1.54) is 6.26 Å². The monoisotopic (exact) mass is 382 g/mol. The molecule has 2 aliphatic rings. The van der Waals surface area contributed by atoms with Gasteiger partial charge in [-0.25, -0.2) is 0 Å². The van der Waals surface area contributed by atoms with E-state index in [1.54, 1.807) is 12.1 Å². The molecule has 0 N–H and O–H groups in total. The predicted molar refractivity (Wildman–Crippen MR) is 104 cm³/mol. The maximum absolute atomic E-state index is 12.4. The molecule has 28 heavy (non-hydrogen) atoms. The smallest absolute Gasteiger partial charge is 0.289 e. The van der Waals surface area contributed by atoms with E-state index in [0.29, 0.717) is 30.4 Å². The van der Waals surface area contributed by atoms with Gasteiger partial charge in [-0.1, -0.05) is 0 Å². The molecule has 1 aromatic carbocycles. The van der Waals surface area contributed by atoms with Crippen LogP contribution in [0.2, 0.25) is 0 Å². The molecule has 0 unspecified atom stereocenters. The van der Waals surface area contributed by atoms with Gasteiger partial charge < -0.3 is 19.0 Å². The first-order valence-corrected chi connectivity index (χ1v) is 10.1. The second-order valence-electron chi connectivity index (χ2n) is 7.57. The molecule has 1 atom stereocenters. The summed E-state index contributed by atoms with van der Waals surface area (Å²) in [5.74, 6) is 1.48. The number of carbonyl (C=O) groups excluding carboxylic acids is 2. The number of benzene rings is 1. The Morgan fingerprint density at radius 3 is 2.43 bits per heavy atom. The van der Waals surface area contributed by atoms with Crippen LogP contribution in [-0.4, -0.2) is 54.4 Å². The Bertz CT molecular complexity index is 794. The first kappa shape index (κ1) is 18.6. The van der Waals surface area contributed by atoms with Gasteiger partial charge in [0, 0.05) is 37.7 Å². The number of likely N-dealkylation sites (tertiary alicyclic amines) is 2. The molecule has 0 radical (unpaired) electrons. The molecule has 6 nitrogen and oxygen atoms in total. The van der Waals surface area contributed by atoms with Crippen molar-refractivity contribution < 1.29 is 18.7 Å². The van der Waals surface area contributed by atoms with Crippen molar-refractivity contribution in [3.05, 3.63) is 54.0 Å². The first-order valence-electron chi connectivity index (χ1n) is 10.1. The number of ether oxygens (including phenoxy) is 1. The molecule has 0 aliphatic carbocycles. The summed E-state index contributed by atoms with van der Waals surface area (Å²) in [5.41, 5.74) is 0.710. The van der Waals surface area contributed by atoms with Gasteiger partial charge >= 0.3 is 0 Å². The number of nitrogens with zero attached hydrogens (tertiary/aromatic N) is 2. The number of hydrogen-bond acceptors (Lipinski definition) is 4. The molecule has 0 bridgehead atoms. The lowest BCUT2D eigenvalue weighted by atomic mass is 9.98.